The van der Waals surface area contributed by atoms with Crippen molar-refractivity contribution in [3.05, 3.63) is 0 Å². The van der Waals surface area contributed by atoms with Crippen LogP contribution in [0.1, 0.15) is 39.5 Å². The standard InChI is InChI=1S/C12H22N2/c1-9(2)14-8-6-12-5-7-13-10(12)3-4-11(12)14/h9-11,13H,3-8H2,1-2H3. The number of hydrogen-bond donors (Lipinski definition) is 1. The van der Waals surface area contributed by atoms with Gasteiger partial charge in [0.1, 0.15) is 0 Å². The molecule has 2 aliphatic heterocycles. The van der Waals surface area contributed by atoms with Gasteiger partial charge in [0, 0.05) is 23.5 Å². The van der Waals surface area contributed by atoms with Crippen LogP contribution in [-0.2, 0) is 0 Å². The molecule has 3 unspecified atom stereocenters. The lowest BCUT2D eigenvalue weighted by Crippen LogP contribution is -2.42. The van der Waals surface area contributed by atoms with Crippen molar-refractivity contribution < 1.29 is 0 Å². The monoisotopic (exact) mass is 194 g/mol. The first kappa shape index (κ1) is 9.17. The van der Waals surface area contributed by atoms with E-state index in [1.54, 1.807) is 0 Å². The van der Waals surface area contributed by atoms with E-state index in [9.17, 15) is 0 Å². The van der Waals surface area contributed by atoms with E-state index < -0.39 is 0 Å². The van der Waals surface area contributed by atoms with Crippen LogP contribution in [0, 0.1) is 5.41 Å². The molecule has 3 aliphatic rings. The van der Waals surface area contributed by atoms with Crippen molar-refractivity contribution in [1.82, 2.24) is 10.2 Å². The Kier molecular flexibility index (Phi) is 1.94. The molecule has 0 radical (unpaired) electrons. The van der Waals surface area contributed by atoms with Gasteiger partial charge in [-0.25, -0.2) is 0 Å². The Labute approximate surface area is 87.0 Å². The van der Waals surface area contributed by atoms with Gasteiger partial charge in [0.25, 0.3) is 0 Å². The van der Waals surface area contributed by atoms with Crippen molar-refractivity contribution in [3.8, 4) is 0 Å². The fourth-order valence-electron chi connectivity index (χ4n) is 4.33. The Morgan fingerprint density at radius 3 is 2.93 bits per heavy atom. The lowest BCUT2D eigenvalue weighted by molar-refractivity contribution is 0.151. The fourth-order valence-corrected chi connectivity index (χ4v) is 4.33. The van der Waals surface area contributed by atoms with Gasteiger partial charge >= 0.3 is 0 Å². The van der Waals surface area contributed by atoms with Crippen molar-refractivity contribution in [2.75, 3.05) is 13.1 Å². The molecular weight excluding hydrogens is 172 g/mol. The first-order valence-corrected chi connectivity index (χ1v) is 6.23. The van der Waals surface area contributed by atoms with E-state index in [0.717, 1.165) is 18.1 Å². The minimum absolute atomic E-state index is 0.685. The van der Waals surface area contributed by atoms with Gasteiger partial charge in [-0.15, -0.1) is 0 Å². The Bertz CT molecular complexity index is 238. The topological polar surface area (TPSA) is 15.3 Å². The molecule has 0 bridgehead atoms. The Balaban J connectivity index is 1.88. The van der Waals surface area contributed by atoms with Crippen LogP contribution in [0.25, 0.3) is 0 Å². The minimum Gasteiger partial charge on any atom is -0.313 e. The molecule has 0 aromatic heterocycles. The predicted octanol–water partition coefficient (Wildman–Crippen LogP) is 1.61. The smallest absolute Gasteiger partial charge is 0.0171 e. The van der Waals surface area contributed by atoms with Crippen LogP contribution in [0.3, 0.4) is 0 Å². The molecule has 14 heavy (non-hydrogen) atoms. The van der Waals surface area contributed by atoms with Crippen molar-refractivity contribution in [1.29, 1.82) is 0 Å². The molecule has 3 fully saturated rings. The van der Waals surface area contributed by atoms with E-state index >= 15 is 0 Å². The van der Waals surface area contributed by atoms with Crippen molar-refractivity contribution in [2.45, 2.75) is 57.7 Å². The third kappa shape index (κ3) is 0.989. The van der Waals surface area contributed by atoms with Gasteiger partial charge in [0.05, 0.1) is 0 Å². The molecule has 1 spiro atoms. The number of nitrogens with zero attached hydrogens (tertiary/aromatic N) is 1. The minimum atomic E-state index is 0.685. The molecule has 0 amide bonds. The molecule has 1 aliphatic carbocycles. The second kappa shape index (κ2) is 2.96. The summed E-state index contributed by atoms with van der Waals surface area (Å²) < 4.78 is 0. The number of nitrogens with one attached hydrogen (secondary N) is 1. The lowest BCUT2D eigenvalue weighted by atomic mass is 9.79. The second-order valence-electron chi connectivity index (χ2n) is 5.66. The summed E-state index contributed by atoms with van der Waals surface area (Å²) in [6.07, 6.45) is 5.75. The summed E-state index contributed by atoms with van der Waals surface area (Å²) >= 11 is 0. The van der Waals surface area contributed by atoms with Crippen LogP contribution in [0.4, 0.5) is 0 Å². The molecule has 80 valence electrons. The summed E-state index contributed by atoms with van der Waals surface area (Å²) in [7, 11) is 0. The van der Waals surface area contributed by atoms with Crippen molar-refractivity contribution in [3.63, 3.8) is 0 Å². The maximum atomic E-state index is 3.71. The highest BCUT2D eigenvalue weighted by atomic mass is 15.2. The van der Waals surface area contributed by atoms with Crippen LogP contribution < -0.4 is 5.32 Å². The second-order valence-corrected chi connectivity index (χ2v) is 5.66. The van der Waals surface area contributed by atoms with E-state index in [1.165, 1.54) is 38.8 Å². The highest BCUT2D eigenvalue weighted by molar-refractivity contribution is 5.13. The van der Waals surface area contributed by atoms with Gasteiger partial charge in [-0.3, -0.25) is 4.90 Å². The average molecular weight is 194 g/mol. The largest absolute Gasteiger partial charge is 0.313 e. The van der Waals surface area contributed by atoms with Crippen LogP contribution in [0.2, 0.25) is 0 Å². The van der Waals surface area contributed by atoms with Crippen LogP contribution in [0.15, 0.2) is 0 Å². The summed E-state index contributed by atoms with van der Waals surface area (Å²) in [4.78, 5) is 2.76. The zero-order valence-electron chi connectivity index (χ0n) is 9.42. The highest BCUT2D eigenvalue weighted by Gasteiger charge is 2.57. The van der Waals surface area contributed by atoms with Gasteiger partial charge in [-0.05, 0) is 52.6 Å². The van der Waals surface area contributed by atoms with Crippen molar-refractivity contribution in [2.24, 2.45) is 5.41 Å². The normalized spacial score (nSPS) is 47.4. The molecule has 3 rings (SSSR count). The maximum absolute atomic E-state index is 3.71. The number of rotatable bonds is 1. The third-order valence-corrected chi connectivity index (χ3v) is 4.97. The number of likely N-dealkylation sites (tertiary alicyclic amines) is 1. The molecule has 1 saturated carbocycles. The van der Waals surface area contributed by atoms with E-state index in [0.29, 0.717) is 5.41 Å². The molecule has 3 atom stereocenters. The average Bonchev–Trinajstić information content (AvgIpc) is 2.71. The zero-order valence-corrected chi connectivity index (χ0v) is 9.42. The van der Waals surface area contributed by atoms with Crippen LogP contribution in [0.5, 0.6) is 0 Å². The Morgan fingerprint density at radius 2 is 2.14 bits per heavy atom. The summed E-state index contributed by atoms with van der Waals surface area (Å²) in [6.45, 7) is 7.33. The summed E-state index contributed by atoms with van der Waals surface area (Å²) in [5, 5.41) is 3.71. The Morgan fingerprint density at radius 1 is 1.29 bits per heavy atom. The van der Waals surface area contributed by atoms with Gasteiger partial charge in [-0.1, -0.05) is 0 Å². The quantitative estimate of drug-likeness (QED) is 0.682. The molecule has 2 nitrogen and oxygen atoms in total. The SMILES string of the molecule is CC(C)N1CCC23CCNC2CCC13. The summed E-state index contributed by atoms with van der Waals surface area (Å²) in [5.74, 6) is 0. The summed E-state index contributed by atoms with van der Waals surface area (Å²) in [6, 6.07) is 2.51. The predicted molar refractivity (Wildman–Crippen MR) is 58.3 cm³/mol. The van der Waals surface area contributed by atoms with Crippen molar-refractivity contribution >= 4 is 0 Å². The molecule has 2 heteroatoms. The summed E-state index contributed by atoms with van der Waals surface area (Å²) in [5.41, 5.74) is 0.685. The molecule has 1 N–H and O–H groups in total. The maximum Gasteiger partial charge on any atom is 0.0171 e. The van der Waals surface area contributed by atoms with E-state index in [1.807, 2.05) is 0 Å². The lowest BCUT2D eigenvalue weighted by Gasteiger charge is -2.33. The van der Waals surface area contributed by atoms with E-state index in [-0.39, 0.29) is 0 Å². The van der Waals surface area contributed by atoms with Gasteiger partial charge < -0.3 is 5.32 Å². The van der Waals surface area contributed by atoms with E-state index in [4.69, 9.17) is 0 Å². The molecule has 2 heterocycles. The highest BCUT2D eigenvalue weighted by Crippen LogP contribution is 2.53. The fraction of sp³-hybridized carbons (Fsp3) is 1.00. The zero-order chi connectivity index (χ0) is 9.76. The first-order chi connectivity index (χ1) is 6.74. The van der Waals surface area contributed by atoms with Gasteiger partial charge in [0.15, 0.2) is 0 Å². The van der Waals surface area contributed by atoms with Gasteiger partial charge in [-0.2, -0.15) is 0 Å². The Hall–Kier alpha value is -0.0800. The van der Waals surface area contributed by atoms with Crippen LogP contribution in [-0.4, -0.2) is 36.1 Å². The molecule has 2 saturated heterocycles. The van der Waals surface area contributed by atoms with Gasteiger partial charge in [0.2, 0.25) is 0 Å². The third-order valence-electron chi connectivity index (χ3n) is 4.97. The van der Waals surface area contributed by atoms with E-state index in [2.05, 4.69) is 24.1 Å². The molecular formula is C12H22N2. The number of hydrogen-bond acceptors (Lipinski definition) is 2. The van der Waals surface area contributed by atoms with Crippen LogP contribution >= 0.6 is 0 Å². The first-order valence-electron chi connectivity index (χ1n) is 6.23. The molecule has 0 aromatic rings. The molecule has 0 aromatic carbocycles.